The highest BCUT2D eigenvalue weighted by Gasteiger charge is 2.20. The topological polar surface area (TPSA) is 106 Å². The third-order valence-electron chi connectivity index (χ3n) is 4.59. The van der Waals surface area contributed by atoms with Crippen LogP contribution in [0.3, 0.4) is 0 Å². The van der Waals surface area contributed by atoms with Gasteiger partial charge in [-0.1, -0.05) is 32.0 Å². The molecule has 0 radical (unpaired) electrons. The number of likely N-dealkylation sites (N-methyl/N-ethyl adjacent to an activating group) is 1. The quantitative estimate of drug-likeness (QED) is 0.461. The number of hydrogen-bond acceptors (Lipinski definition) is 6. The maximum absolute atomic E-state index is 12.3. The number of aliphatic carboxylic acids is 1. The summed E-state index contributed by atoms with van der Waals surface area (Å²) in [7, 11) is 0. The summed E-state index contributed by atoms with van der Waals surface area (Å²) >= 11 is 0. The average molecular weight is 412 g/mol. The Balaban J connectivity index is 1.85. The van der Waals surface area contributed by atoms with Crippen molar-refractivity contribution < 1.29 is 14.7 Å². The van der Waals surface area contributed by atoms with E-state index in [0.717, 1.165) is 25.3 Å². The van der Waals surface area contributed by atoms with E-state index in [4.69, 9.17) is 0 Å². The van der Waals surface area contributed by atoms with E-state index in [-0.39, 0.29) is 12.3 Å². The fourth-order valence-corrected chi connectivity index (χ4v) is 2.80. The van der Waals surface area contributed by atoms with Crippen molar-refractivity contribution in [2.75, 3.05) is 31.5 Å². The van der Waals surface area contributed by atoms with Crippen molar-refractivity contribution in [3.8, 4) is 0 Å². The van der Waals surface area contributed by atoms with Crippen LogP contribution in [0.15, 0.2) is 64.8 Å². The summed E-state index contributed by atoms with van der Waals surface area (Å²) in [6.07, 6.45) is -0.150. The summed E-state index contributed by atoms with van der Waals surface area (Å²) in [6.45, 7) is 7.15. The van der Waals surface area contributed by atoms with Crippen molar-refractivity contribution in [3.63, 3.8) is 0 Å². The predicted octanol–water partition coefficient (Wildman–Crippen LogP) is 3.82. The minimum absolute atomic E-state index is 0.150. The fourth-order valence-electron chi connectivity index (χ4n) is 2.80. The zero-order chi connectivity index (χ0) is 21.8. The first-order valence-corrected chi connectivity index (χ1v) is 10.1. The summed E-state index contributed by atoms with van der Waals surface area (Å²) in [5, 5.41) is 23.3. The Labute approximate surface area is 177 Å². The van der Waals surface area contributed by atoms with Gasteiger partial charge >= 0.3 is 5.97 Å². The van der Waals surface area contributed by atoms with Crippen LogP contribution in [0, 0.1) is 0 Å². The molecule has 0 heterocycles. The zero-order valence-corrected chi connectivity index (χ0v) is 17.4. The van der Waals surface area contributed by atoms with Crippen molar-refractivity contribution in [1.29, 1.82) is 0 Å². The van der Waals surface area contributed by atoms with Crippen LogP contribution < -0.4 is 10.6 Å². The summed E-state index contributed by atoms with van der Waals surface area (Å²) < 4.78 is 0. The second-order valence-corrected chi connectivity index (χ2v) is 6.71. The molecule has 2 aromatic rings. The Hall–Kier alpha value is -3.10. The number of carboxylic acids is 1. The largest absolute Gasteiger partial charge is 0.480 e. The van der Waals surface area contributed by atoms with Gasteiger partial charge in [0, 0.05) is 18.8 Å². The number of carboxylic acid groups (broad SMARTS) is 1. The fraction of sp³-hybridized carbons (Fsp3) is 0.364. The van der Waals surface area contributed by atoms with Gasteiger partial charge in [0.1, 0.15) is 6.04 Å². The van der Waals surface area contributed by atoms with Crippen molar-refractivity contribution >= 4 is 28.9 Å². The number of carbonyl (C=O) groups excluding carboxylic acids is 1. The molecule has 3 N–H and O–H groups in total. The Morgan fingerprint density at radius 1 is 0.967 bits per heavy atom. The molecule has 0 saturated carbocycles. The summed E-state index contributed by atoms with van der Waals surface area (Å²) in [6, 6.07) is 15.3. The Morgan fingerprint density at radius 2 is 1.57 bits per heavy atom. The standard InChI is InChI=1S/C22H29N5O3/c1-3-27(4-2)15-14-23-20(22(29)30)16-21(28)24-17-10-12-19(13-11-17)26-25-18-8-6-5-7-9-18/h5-13,20,23H,3-4,14-16H2,1-2H3,(H,24,28)(H,29,30). The lowest BCUT2D eigenvalue weighted by atomic mass is 10.2. The first-order valence-electron chi connectivity index (χ1n) is 10.1. The monoisotopic (exact) mass is 411 g/mol. The SMILES string of the molecule is CCN(CC)CCNC(CC(=O)Nc1ccc(N=Nc2ccccc2)cc1)C(=O)O. The highest BCUT2D eigenvalue weighted by atomic mass is 16.4. The minimum Gasteiger partial charge on any atom is -0.480 e. The molecular weight excluding hydrogens is 382 g/mol. The zero-order valence-electron chi connectivity index (χ0n) is 17.4. The van der Waals surface area contributed by atoms with E-state index in [2.05, 4.69) is 39.6 Å². The maximum Gasteiger partial charge on any atom is 0.321 e. The first kappa shape index (κ1) is 23.2. The van der Waals surface area contributed by atoms with E-state index in [1.54, 1.807) is 24.3 Å². The van der Waals surface area contributed by atoms with Crippen LogP contribution in [0.4, 0.5) is 17.1 Å². The number of hydrogen-bond donors (Lipinski definition) is 3. The van der Waals surface area contributed by atoms with Gasteiger partial charge in [0.25, 0.3) is 0 Å². The predicted molar refractivity (Wildman–Crippen MR) is 118 cm³/mol. The third kappa shape index (κ3) is 8.10. The van der Waals surface area contributed by atoms with Crippen molar-refractivity contribution in [2.24, 2.45) is 10.2 Å². The Bertz CT molecular complexity index is 820. The second-order valence-electron chi connectivity index (χ2n) is 6.71. The lowest BCUT2D eigenvalue weighted by Gasteiger charge is -2.20. The van der Waals surface area contributed by atoms with Gasteiger partial charge < -0.3 is 20.6 Å². The molecule has 0 aromatic heterocycles. The molecule has 0 aliphatic rings. The molecule has 1 atom stereocenters. The number of nitrogens with zero attached hydrogens (tertiary/aromatic N) is 3. The van der Waals surface area contributed by atoms with Gasteiger partial charge in [0.2, 0.25) is 5.91 Å². The highest BCUT2D eigenvalue weighted by Crippen LogP contribution is 2.20. The summed E-state index contributed by atoms with van der Waals surface area (Å²) in [5.41, 5.74) is 1.98. The summed E-state index contributed by atoms with van der Waals surface area (Å²) in [4.78, 5) is 25.9. The average Bonchev–Trinajstić information content (AvgIpc) is 2.76. The second kappa shape index (κ2) is 12.5. The van der Waals surface area contributed by atoms with E-state index in [1.165, 1.54) is 0 Å². The molecule has 1 unspecified atom stereocenters. The van der Waals surface area contributed by atoms with Crippen LogP contribution in [0.5, 0.6) is 0 Å². The normalized spacial score (nSPS) is 12.2. The molecule has 0 saturated heterocycles. The van der Waals surface area contributed by atoms with Crippen LogP contribution in [0.1, 0.15) is 20.3 Å². The first-order chi connectivity index (χ1) is 14.5. The van der Waals surface area contributed by atoms with Crippen LogP contribution >= 0.6 is 0 Å². The Kier molecular flexibility index (Phi) is 9.63. The number of azo groups is 1. The number of rotatable bonds is 12. The van der Waals surface area contributed by atoms with E-state index < -0.39 is 12.0 Å². The number of carbonyl (C=O) groups is 2. The van der Waals surface area contributed by atoms with E-state index in [0.29, 0.717) is 17.9 Å². The van der Waals surface area contributed by atoms with E-state index in [9.17, 15) is 14.7 Å². The van der Waals surface area contributed by atoms with Crippen LogP contribution in [0.2, 0.25) is 0 Å². The third-order valence-corrected chi connectivity index (χ3v) is 4.59. The van der Waals surface area contributed by atoms with Gasteiger partial charge in [-0.2, -0.15) is 10.2 Å². The number of benzene rings is 2. The van der Waals surface area contributed by atoms with Crippen LogP contribution in [0.25, 0.3) is 0 Å². The van der Waals surface area contributed by atoms with Gasteiger partial charge in [-0.25, -0.2) is 0 Å². The van der Waals surface area contributed by atoms with Crippen molar-refractivity contribution in [1.82, 2.24) is 10.2 Å². The molecule has 2 aromatic carbocycles. The Morgan fingerprint density at radius 3 is 2.13 bits per heavy atom. The molecule has 8 nitrogen and oxygen atoms in total. The van der Waals surface area contributed by atoms with Crippen LogP contribution in [-0.4, -0.2) is 54.1 Å². The molecule has 2 rings (SSSR count). The lowest BCUT2D eigenvalue weighted by Crippen LogP contribution is -2.43. The molecular formula is C22H29N5O3. The van der Waals surface area contributed by atoms with Gasteiger partial charge in [-0.3, -0.25) is 9.59 Å². The number of anilines is 1. The molecule has 0 bridgehead atoms. The van der Waals surface area contributed by atoms with Crippen molar-refractivity contribution in [3.05, 3.63) is 54.6 Å². The molecule has 160 valence electrons. The number of nitrogens with one attached hydrogen (secondary N) is 2. The molecule has 0 aliphatic carbocycles. The number of amides is 1. The molecule has 30 heavy (non-hydrogen) atoms. The summed E-state index contributed by atoms with van der Waals surface area (Å²) in [5.74, 6) is -1.40. The van der Waals surface area contributed by atoms with Gasteiger partial charge in [0.15, 0.2) is 0 Å². The molecule has 1 amide bonds. The van der Waals surface area contributed by atoms with Gasteiger partial charge in [-0.05, 0) is 49.5 Å². The molecule has 8 heteroatoms. The molecule has 0 fully saturated rings. The molecule has 0 aliphatic heterocycles. The highest BCUT2D eigenvalue weighted by molar-refractivity contribution is 5.94. The smallest absolute Gasteiger partial charge is 0.321 e. The van der Waals surface area contributed by atoms with E-state index >= 15 is 0 Å². The van der Waals surface area contributed by atoms with Gasteiger partial charge in [0.05, 0.1) is 17.8 Å². The van der Waals surface area contributed by atoms with Crippen molar-refractivity contribution in [2.45, 2.75) is 26.3 Å². The van der Waals surface area contributed by atoms with Crippen LogP contribution in [-0.2, 0) is 9.59 Å². The van der Waals surface area contributed by atoms with Gasteiger partial charge in [-0.15, -0.1) is 0 Å². The lowest BCUT2D eigenvalue weighted by molar-refractivity contribution is -0.141. The van der Waals surface area contributed by atoms with E-state index in [1.807, 2.05) is 30.3 Å². The maximum atomic E-state index is 12.3. The molecule has 0 spiro atoms. The minimum atomic E-state index is -1.04.